The molecule has 2 aliphatic rings. The van der Waals surface area contributed by atoms with E-state index < -0.39 is 0 Å². The van der Waals surface area contributed by atoms with Crippen LogP contribution in [-0.2, 0) is 10.8 Å². The number of pyridine rings is 1. The normalized spacial score (nSPS) is 21.2. The Bertz CT molecular complexity index is 1330. The summed E-state index contributed by atoms with van der Waals surface area (Å²) < 4.78 is 0. The van der Waals surface area contributed by atoms with Crippen molar-refractivity contribution >= 4 is 33.7 Å². The quantitative estimate of drug-likeness (QED) is 0.226. The number of nitrogens with zero attached hydrogens (tertiary/aromatic N) is 3. The van der Waals surface area contributed by atoms with Crippen LogP contribution in [0.25, 0.3) is 10.9 Å². The maximum atomic E-state index is 8.73. The molecule has 5 nitrogen and oxygen atoms in total. The molecule has 1 saturated carbocycles. The lowest BCUT2D eigenvalue weighted by molar-refractivity contribution is 0.299. The lowest BCUT2D eigenvalue weighted by Crippen LogP contribution is -2.31. The van der Waals surface area contributed by atoms with Crippen molar-refractivity contribution < 1.29 is 0 Å². The number of amidine groups is 2. The average molecular weight is 514 g/mol. The second kappa shape index (κ2) is 9.88. The number of aryl methyl sites for hydroxylation is 1. The molecule has 1 aliphatic heterocycles. The van der Waals surface area contributed by atoms with Gasteiger partial charge < -0.3 is 9.80 Å². The van der Waals surface area contributed by atoms with Crippen LogP contribution in [0.1, 0.15) is 56.0 Å². The van der Waals surface area contributed by atoms with Crippen LogP contribution in [0, 0.1) is 23.7 Å². The molecule has 1 unspecified atom stereocenters. The van der Waals surface area contributed by atoms with Gasteiger partial charge in [0.05, 0.1) is 5.52 Å². The predicted octanol–water partition coefficient (Wildman–Crippen LogP) is 6.43. The smallest absolute Gasteiger partial charge is 0.161 e. The molecule has 6 heteroatoms. The Balaban J connectivity index is 1.10. The molecule has 2 fully saturated rings. The molecule has 1 aromatic heterocycles. The third-order valence-electron chi connectivity index (χ3n) is 8.17. The fourth-order valence-electron chi connectivity index (χ4n) is 5.81. The summed E-state index contributed by atoms with van der Waals surface area (Å²) in [5.41, 5.74) is 6.16. The topological polar surface area (TPSA) is 67.1 Å². The summed E-state index contributed by atoms with van der Waals surface area (Å²) >= 11 is 1.54. The zero-order valence-corrected chi connectivity index (χ0v) is 23.6. The van der Waals surface area contributed by atoms with Gasteiger partial charge in [-0.1, -0.05) is 75.0 Å². The largest absolute Gasteiger partial charge is 0.309 e. The van der Waals surface area contributed by atoms with Gasteiger partial charge in [-0.05, 0) is 60.9 Å². The fourth-order valence-corrected chi connectivity index (χ4v) is 6.56. The van der Waals surface area contributed by atoms with Crippen molar-refractivity contribution in [3.63, 3.8) is 0 Å². The van der Waals surface area contributed by atoms with Crippen LogP contribution in [-0.4, -0.2) is 58.2 Å². The van der Waals surface area contributed by atoms with E-state index >= 15 is 0 Å². The highest BCUT2D eigenvalue weighted by Gasteiger charge is 2.60. The number of fused-ring (bicyclic) bond motifs is 2. The van der Waals surface area contributed by atoms with E-state index in [-0.39, 0.29) is 5.41 Å². The maximum absolute atomic E-state index is 8.73. The van der Waals surface area contributed by atoms with Crippen molar-refractivity contribution in [1.29, 1.82) is 10.8 Å². The van der Waals surface area contributed by atoms with Gasteiger partial charge in [0, 0.05) is 47.9 Å². The molecular formula is C31H39N5S. The standard InChI is InChI=1S/C31H39N5S/c1-21-10-15-25-26(8-6-9-27(25)34-21)28(32)35(5)29(33)37-17-7-16-36-19-24-18-31(24,20-36)23-13-11-22(12-14-23)30(2,3)4/h6,8-15,24,32-33H,7,16-20H2,1-5H3/t24-,31?/m1/s1. The van der Waals surface area contributed by atoms with Gasteiger partial charge in [0.1, 0.15) is 5.84 Å². The number of hydrogen-bond donors (Lipinski definition) is 2. The molecule has 1 saturated heterocycles. The van der Waals surface area contributed by atoms with Gasteiger partial charge >= 0.3 is 0 Å². The first-order valence-corrected chi connectivity index (χ1v) is 14.3. The molecule has 0 bridgehead atoms. The van der Waals surface area contributed by atoms with Gasteiger partial charge in [0.15, 0.2) is 5.17 Å². The van der Waals surface area contributed by atoms with E-state index in [1.807, 2.05) is 44.3 Å². The van der Waals surface area contributed by atoms with E-state index in [1.54, 1.807) is 4.90 Å². The number of benzene rings is 2. The van der Waals surface area contributed by atoms with Crippen LogP contribution < -0.4 is 0 Å². The molecule has 194 valence electrons. The molecular weight excluding hydrogens is 474 g/mol. The minimum atomic E-state index is 0.198. The molecule has 0 spiro atoms. The van der Waals surface area contributed by atoms with E-state index in [9.17, 15) is 0 Å². The predicted molar refractivity (Wildman–Crippen MR) is 157 cm³/mol. The van der Waals surface area contributed by atoms with Crippen molar-refractivity contribution in [3.05, 3.63) is 77.0 Å². The third kappa shape index (κ3) is 5.19. The lowest BCUT2D eigenvalue weighted by Gasteiger charge is -2.23. The van der Waals surface area contributed by atoms with E-state index in [0.29, 0.717) is 16.4 Å². The summed E-state index contributed by atoms with van der Waals surface area (Å²) in [6.45, 7) is 12.2. The number of thioether (sulfide) groups is 1. The minimum Gasteiger partial charge on any atom is -0.309 e. The Morgan fingerprint density at radius 2 is 1.86 bits per heavy atom. The van der Waals surface area contributed by atoms with Crippen molar-refractivity contribution in [2.24, 2.45) is 5.92 Å². The summed E-state index contributed by atoms with van der Waals surface area (Å²) in [5.74, 6) is 2.03. The first-order chi connectivity index (χ1) is 17.6. The molecule has 1 aliphatic carbocycles. The highest BCUT2D eigenvalue weighted by atomic mass is 32.2. The van der Waals surface area contributed by atoms with Crippen LogP contribution in [0.3, 0.4) is 0 Å². The SMILES string of the molecule is Cc1ccc2c(C(=N)N(C)C(=N)SCCCN3C[C@H]4CC4(c4ccc(C(C)(C)C)cc4)C3)cccc2n1. The first-order valence-electron chi connectivity index (χ1n) is 13.3. The Kier molecular flexibility index (Phi) is 6.92. The second-order valence-electron chi connectivity index (χ2n) is 11.9. The van der Waals surface area contributed by atoms with Crippen molar-refractivity contribution in [2.45, 2.75) is 51.4 Å². The third-order valence-corrected chi connectivity index (χ3v) is 9.21. The molecule has 2 N–H and O–H groups in total. The second-order valence-corrected chi connectivity index (χ2v) is 12.9. The summed E-state index contributed by atoms with van der Waals surface area (Å²) in [6, 6.07) is 19.3. The van der Waals surface area contributed by atoms with Gasteiger partial charge in [0.25, 0.3) is 0 Å². The van der Waals surface area contributed by atoms with Gasteiger partial charge in [0.2, 0.25) is 0 Å². The molecule has 2 atom stereocenters. The molecule has 5 rings (SSSR count). The zero-order chi connectivity index (χ0) is 26.4. The first kappa shape index (κ1) is 25.9. The van der Waals surface area contributed by atoms with E-state index in [1.165, 1.54) is 35.9 Å². The van der Waals surface area contributed by atoms with Gasteiger partial charge in [-0.2, -0.15) is 0 Å². The van der Waals surface area contributed by atoms with Crippen LogP contribution in [0.15, 0.2) is 54.6 Å². The molecule has 2 aromatic carbocycles. The summed E-state index contributed by atoms with van der Waals surface area (Å²) in [4.78, 5) is 8.89. The van der Waals surface area contributed by atoms with Crippen molar-refractivity contribution in [3.8, 4) is 0 Å². The fraction of sp³-hybridized carbons (Fsp3) is 0.452. The highest BCUT2D eigenvalue weighted by Crippen LogP contribution is 2.59. The van der Waals surface area contributed by atoms with E-state index in [0.717, 1.165) is 53.3 Å². The molecule has 2 heterocycles. The molecule has 0 radical (unpaired) electrons. The van der Waals surface area contributed by atoms with Gasteiger partial charge in [-0.25, -0.2) is 0 Å². The summed E-state index contributed by atoms with van der Waals surface area (Å²) in [6.07, 6.45) is 2.38. The summed E-state index contributed by atoms with van der Waals surface area (Å²) in [5, 5.41) is 18.7. The number of piperidine rings is 1. The van der Waals surface area contributed by atoms with Crippen LogP contribution in [0.5, 0.6) is 0 Å². The highest BCUT2D eigenvalue weighted by molar-refractivity contribution is 8.13. The van der Waals surface area contributed by atoms with Crippen LogP contribution >= 0.6 is 11.8 Å². The number of aromatic nitrogens is 1. The Labute approximate surface area is 225 Å². The minimum absolute atomic E-state index is 0.198. The lowest BCUT2D eigenvalue weighted by atomic mass is 9.85. The average Bonchev–Trinajstić information content (AvgIpc) is 3.45. The molecule has 37 heavy (non-hydrogen) atoms. The zero-order valence-electron chi connectivity index (χ0n) is 22.8. The summed E-state index contributed by atoms with van der Waals surface area (Å²) in [7, 11) is 1.82. The van der Waals surface area contributed by atoms with Gasteiger partial charge in [-0.15, -0.1) is 0 Å². The van der Waals surface area contributed by atoms with Gasteiger partial charge in [-0.3, -0.25) is 15.8 Å². The monoisotopic (exact) mass is 513 g/mol. The van der Waals surface area contributed by atoms with Crippen LogP contribution in [0.4, 0.5) is 0 Å². The Morgan fingerprint density at radius 1 is 1.11 bits per heavy atom. The Hall–Kier alpha value is -2.70. The van der Waals surface area contributed by atoms with Crippen molar-refractivity contribution in [2.75, 3.05) is 32.4 Å². The Morgan fingerprint density at radius 3 is 2.59 bits per heavy atom. The number of likely N-dealkylation sites (tertiary alicyclic amines) is 1. The number of nitrogens with one attached hydrogen (secondary N) is 2. The number of hydrogen-bond acceptors (Lipinski definition) is 5. The van der Waals surface area contributed by atoms with Crippen molar-refractivity contribution in [1.82, 2.24) is 14.8 Å². The molecule has 3 aromatic rings. The van der Waals surface area contributed by atoms with E-state index in [4.69, 9.17) is 10.8 Å². The van der Waals surface area contributed by atoms with Crippen LogP contribution in [0.2, 0.25) is 0 Å². The van der Waals surface area contributed by atoms with E-state index in [2.05, 4.69) is 54.9 Å². The number of rotatable bonds is 6. The molecule has 0 amide bonds. The maximum Gasteiger partial charge on any atom is 0.161 e.